The molecule has 0 aromatic carbocycles. The summed E-state index contributed by atoms with van der Waals surface area (Å²) in [5.41, 5.74) is 1.59. The second kappa shape index (κ2) is 7.95. The number of hydrogen-bond acceptors (Lipinski definition) is 6. The number of aromatic nitrogens is 3. The van der Waals surface area contributed by atoms with Gasteiger partial charge in [-0.25, -0.2) is 0 Å². The molecule has 1 atom stereocenters. The van der Waals surface area contributed by atoms with E-state index in [9.17, 15) is 4.79 Å². The van der Waals surface area contributed by atoms with Gasteiger partial charge in [0.25, 0.3) is 6.01 Å². The first-order valence-corrected chi connectivity index (χ1v) is 9.99. The molecule has 2 fully saturated rings. The standard InChI is InChI=1S/C20H28N4O4/c1-12(21-13(2)25)10-26-16-8-14(9-16)11-27-18-7-6-17-19(23-18)24(3)20(22-17)28-15-4-5-15/h6-7,12,14-16H,4-5,8-11H2,1-3H3,(H,21,25)/t12-,14-,16-/m0/s1. The van der Waals surface area contributed by atoms with Crippen molar-refractivity contribution in [2.75, 3.05) is 13.2 Å². The van der Waals surface area contributed by atoms with Crippen molar-refractivity contribution in [3.63, 3.8) is 0 Å². The lowest BCUT2D eigenvalue weighted by Crippen LogP contribution is -2.40. The number of nitrogens with zero attached hydrogens (tertiary/aromatic N) is 3. The number of imidazole rings is 1. The van der Waals surface area contributed by atoms with Gasteiger partial charge >= 0.3 is 0 Å². The zero-order valence-electron chi connectivity index (χ0n) is 16.7. The Balaban J connectivity index is 1.23. The third-order valence-electron chi connectivity index (χ3n) is 5.14. The quantitative estimate of drug-likeness (QED) is 0.709. The Morgan fingerprint density at radius 2 is 2.07 bits per heavy atom. The van der Waals surface area contributed by atoms with Gasteiger partial charge in [0.2, 0.25) is 11.8 Å². The normalized spacial score (nSPS) is 22.5. The van der Waals surface area contributed by atoms with E-state index >= 15 is 0 Å². The molecule has 4 rings (SSSR count). The molecule has 8 heteroatoms. The number of pyridine rings is 1. The molecule has 0 unspecified atom stereocenters. The van der Waals surface area contributed by atoms with Crippen molar-refractivity contribution in [2.45, 2.75) is 57.8 Å². The van der Waals surface area contributed by atoms with Crippen LogP contribution in [0.1, 0.15) is 39.5 Å². The average molecular weight is 388 g/mol. The van der Waals surface area contributed by atoms with Gasteiger partial charge in [-0.2, -0.15) is 9.97 Å². The van der Waals surface area contributed by atoms with Gasteiger partial charge < -0.3 is 19.5 Å². The maximum Gasteiger partial charge on any atom is 0.298 e. The minimum absolute atomic E-state index is 0.0277. The largest absolute Gasteiger partial charge is 0.477 e. The van der Waals surface area contributed by atoms with Gasteiger partial charge in [0.1, 0.15) is 11.6 Å². The Labute approximate surface area is 164 Å². The molecular formula is C20H28N4O4. The molecule has 2 heterocycles. The third-order valence-corrected chi connectivity index (χ3v) is 5.14. The number of rotatable bonds is 9. The van der Waals surface area contributed by atoms with Crippen LogP contribution in [0.15, 0.2) is 12.1 Å². The summed E-state index contributed by atoms with van der Waals surface area (Å²) in [5.74, 6) is 1.05. The molecule has 2 aromatic rings. The first-order chi connectivity index (χ1) is 13.5. The van der Waals surface area contributed by atoms with Gasteiger partial charge in [0.15, 0.2) is 5.65 Å². The number of carbonyl (C=O) groups excluding carboxylic acids is 1. The lowest BCUT2D eigenvalue weighted by Gasteiger charge is -2.35. The third kappa shape index (κ3) is 4.55. The smallest absolute Gasteiger partial charge is 0.298 e. The number of nitrogens with one attached hydrogen (secondary N) is 1. The van der Waals surface area contributed by atoms with Crippen molar-refractivity contribution < 1.29 is 19.0 Å². The maximum atomic E-state index is 11.0. The van der Waals surface area contributed by atoms with E-state index in [4.69, 9.17) is 14.2 Å². The zero-order chi connectivity index (χ0) is 19.7. The molecule has 152 valence electrons. The Morgan fingerprint density at radius 1 is 1.29 bits per heavy atom. The lowest BCUT2D eigenvalue weighted by atomic mass is 9.83. The minimum Gasteiger partial charge on any atom is -0.477 e. The Kier molecular flexibility index (Phi) is 5.39. The molecule has 2 aliphatic rings. The monoisotopic (exact) mass is 388 g/mol. The van der Waals surface area contributed by atoms with Gasteiger partial charge in [-0.3, -0.25) is 9.36 Å². The van der Waals surface area contributed by atoms with E-state index in [0.29, 0.717) is 37.1 Å². The fourth-order valence-electron chi connectivity index (χ4n) is 3.37. The summed E-state index contributed by atoms with van der Waals surface area (Å²) in [6.45, 7) is 4.64. The predicted molar refractivity (Wildman–Crippen MR) is 103 cm³/mol. The van der Waals surface area contributed by atoms with Crippen molar-refractivity contribution in [3.05, 3.63) is 12.1 Å². The first-order valence-electron chi connectivity index (χ1n) is 9.99. The summed E-state index contributed by atoms with van der Waals surface area (Å²) >= 11 is 0. The van der Waals surface area contributed by atoms with E-state index in [1.807, 2.05) is 30.7 Å². The topological polar surface area (TPSA) is 87.5 Å². The van der Waals surface area contributed by atoms with Crippen LogP contribution in [0.3, 0.4) is 0 Å². The van der Waals surface area contributed by atoms with Crippen molar-refractivity contribution in [1.29, 1.82) is 0 Å². The zero-order valence-corrected chi connectivity index (χ0v) is 16.7. The first kappa shape index (κ1) is 19.0. The molecule has 28 heavy (non-hydrogen) atoms. The van der Waals surface area contributed by atoms with Gasteiger partial charge in [0.05, 0.1) is 19.3 Å². The molecule has 0 aliphatic heterocycles. The number of amides is 1. The van der Waals surface area contributed by atoms with Crippen LogP contribution in [0.25, 0.3) is 11.2 Å². The molecule has 0 saturated heterocycles. The van der Waals surface area contributed by atoms with Gasteiger partial charge in [-0.15, -0.1) is 0 Å². The highest BCUT2D eigenvalue weighted by Gasteiger charge is 2.31. The van der Waals surface area contributed by atoms with Crippen molar-refractivity contribution in [3.8, 4) is 11.9 Å². The van der Waals surface area contributed by atoms with Gasteiger partial charge in [-0.05, 0) is 44.6 Å². The molecule has 2 aliphatic carbocycles. The number of hydrogen-bond donors (Lipinski definition) is 1. The maximum absolute atomic E-state index is 11.0. The molecule has 2 aromatic heterocycles. The Morgan fingerprint density at radius 3 is 2.79 bits per heavy atom. The summed E-state index contributed by atoms with van der Waals surface area (Å²) in [4.78, 5) is 20.1. The summed E-state index contributed by atoms with van der Waals surface area (Å²) < 4.78 is 19.4. The fourth-order valence-corrected chi connectivity index (χ4v) is 3.37. The van der Waals surface area contributed by atoms with E-state index in [2.05, 4.69) is 15.3 Å². The highest BCUT2D eigenvalue weighted by atomic mass is 16.5. The van der Waals surface area contributed by atoms with Crippen LogP contribution in [0.2, 0.25) is 0 Å². The van der Waals surface area contributed by atoms with Crippen LogP contribution >= 0.6 is 0 Å². The Hall–Kier alpha value is -2.35. The van der Waals surface area contributed by atoms with Crippen LogP contribution in [0, 0.1) is 5.92 Å². The summed E-state index contributed by atoms with van der Waals surface area (Å²) in [5, 5.41) is 2.83. The van der Waals surface area contributed by atoms with E-state index in [1.54, 1.807) is 0 Å². The van der Waals surface area contributed by atoms with Crippen LogP contribution in [-0.4, -0.2) is 51.9 Å². The molecule has 8 nitrogen and oxygen atoms in total. The molecule has 0 bridgehead atoms. The molecule has 0 spiro atoms. The fraction of sp³-hybridized carbons (Fsp3) is 0.650. The number of ether oxygens (including phenoxy) is 3. The van der Waals surface area contributed by atoms with Crippen LogP contribution in [0.5, 0.6) is 11.9 Å². The van der Waals surface area contributed by atoms with E-state index < -0.39 is 0 Å². The summed E-state index contributed by atoms with van der Waals surface area (Å²) in [7, 11) is 1.92. The van der Waals surface area contributed by atoms with E-state index in [-0.39, 0.29) is 18.1 Å². The molecule has 1 amide bonds. The molecule has 1 N–H and O–H groups in total. The van der Waals surface area contributed by atoms with Crippen molar-refractivity contribution in [2.24, 2.45) is 13.0 Å². The van der Waals surface area contributed by atoms with Crippen LogP contribution in [0.4, 0.5) is 0 Å². The van der Waals surface area contributed by atoms with Crippen LogP contribution < -0.4 is 14.8 Å². The van der Waals surface area contributed by atoms with Gasteiger partial charge in [0, 0.05) is 26.1 Å². The Bertz CT molecular complexity index is 842. The van der Waals surface area contributed by atoms with Crippen LogP contribution in [-0.2, 0) is 16.6 Å². The minimum atomic E-state index is -0.0277. The predicted octanol–water partition coefficient (Wildman–Crippen LogP) is 2.21. The summed E-state index contributed by atoms with van der Waals surface area (Å²) in [6, 6.07) is 4.44. The summed E-state index contributed by atoms with van der Waals surface area (Å²) in [6.07, 6.45) is 4.70. The number of carbonyl (C=O) groups is 1. The lowest BCUT2D eigenvalue weighted by molar-refractivity contribution is -0.120. The van der Waals surface area contributed by atoms with Crippen molar-refractivity contribution >= 4 is 17.1 Å². The highest BCUT2D eigenvalue weighted by Crippen LogP contribution is 2.31. The SMILES string of the molecule is CC(=O)N[C@@H](C)CO[C@H]1C[C@H](COc2ccc3nc(OC4CC4)n(C)c3n2)C1. The average Bonchev–Trinajstić information content (AvgIpc) is 3.37. The highest BCUT2D eigenvalue weighted by molar-refractivity contribution is 5.73. The molecule has 0 radical (unpaired) electrons. The second-order valence-electron chi connectivity index (χ2n) is 7.97. The number of aryl methyl sites for hydroxylation is 1. The van der Waals surface area contributed by atoms with Crippen molar-refractivity contribution in [1.82, 2.24) is 19.9 Å². The van der Waals surface area contributed by atoms with E-state index in [1.165, 1.54) is 6.92 Å². The second-order valence-corrected chi connectivity index (χ2v) is 7.97. The van der Waals surface area contributed by atoms with E-state index in [0.717, 1.165) is 36.8 Å². The molecule has 2 saturated carbocycles. The number of fused-ring (bicyclic) bond motifs is 1. The molecular weight excluding hydrogens is 360 g/mol. The van der Waals surface area contributed by atoms with Gasteiger partial charge in [-0.1, -0.05) is 0 Å².